The van der Waals surface area contributed by atoms with Gasteiger partial charge in [0, 0.05) is 16.8 Å². The summed E-state index contributed by atoms with van der Waals surface area (Å²) in [5.74, 6) is -0.608. The van der Waals surface area contributed by atoms with Crippen molar-refractivity contribution in [2.45, 2.75) is 9.92 Å². The summed E-state index contributed by atoms with van der Waals surface area (Å²) in [7, 11) is 0. The Labute approximate surface area is 124 Å². The zero-order chi connectivity index (χ0) is 14.0. The van der Waals surface area contributed by atoms with Crippen LogP contribution in [-0.2, 0) is 0 Å². The number of primary amides is 1. The lowest BCUT2D eigenvalue weighted by Gasteiger charge is -2.10. The maximum Gasteiger partial charge on any atom is 0.249 e. The van der Waals surface area contributed by atoms with E-state index in [9.17, 15) is 4.79 Å². The maximum absolute atomic E-state index is 11.4. The molecule has 0 aliphatic heterocycles. The number of nitrogen functional groups attached to an aromatic ring is 1. The number of nitrogens with zero attached hydrogens (tertiary/aromatic N) is 1. The highest BCUT2D eigenvalue weighted by Gasteiger charge is 2.16. The van der Waals surface area contributed by atoms with Crippen molar-refractivity contribution in [3.05, 3.63) is 46.1 Å². The van der Waals surface area contributed by atoms with Gasteiger partial charge in [-0.15, -0.1) is 0 Å². The lowest BCUT2D eigenvalue weighted by molar-refractivity contribution is 0.0997. The third-order valence-electron chi connectivity index (χ3n) is 2.25. The Hall–Kier alpha value is -1.43. The molecule has 19 heavy (non-hydrogen) atoms. The van der Waals surface area contributed by atoms with Crippen LogP contribution in [0.25, 0.3) is 0 Å². The predicted molar refractivity (Wildman–Crippen MR) is 77.8 cm³/mol. The lowest BCUT2D eigenvalue weighted by atomic mass is 10.2. The van der Waals surface area contributed by atoms with Gasteiger partial charge in [0.25, 0.3) is 0 Å². The number of hydrogen-bond acceptors (Lipinski definition) is 4. The van der Waals surface area contributed by atoms with Crippen molar-refractivity contribution < 1.29 is 4.79 Å². The van der Waals surface area contributed by atoms with Crippen LogP contribution in [-0.4, -0.2) is 10.9 Å². The smallest absolute Gasteiger partial charge is 0.249 e. The van der Waals surface area contributed by atoms with Gasteiger partial charge in [-0.25, -0.2) is 4.98 Å². The number of pyridine rings is 1. The van der Waals surface area contributed by atoms with Gasteiger partial charge in [0.2, 0.25) is 5.91 Å². The third kappa shape index (κ3) is 3.12. The summed E-state index contributed by atoms with van der Waals surface area (Å²) >= 11 is 13.3. The first-order chi connectivity index (χ1) is 8.99. The number of carbonyl (C=O) groups is 1. The molecular formula is C12H9Cl2N3OS. The average Bonchev–Trinajstić information content (AvgIpc) is 2.34. The van der Waals surface area contributed by atoms with Gasteiger partial charge in [0.1, 0.15) is 5.03 Å². The van der Waals surface area contributed by atoms with Crippen LogP contribution in [0.3, 0.4) is 0 Å². The molecular weight excluding hydrogens is 305 g/mol. The second kappa shape index (κ2) is 5.69. The van der Waals surface area contributed by atoms with E-state index in [1.54, 1.807) is 24.4 Å². The van der Waals surface area contributed by atoms with Gasteiger partial charge in [-0.05, 0) is 24.3 Å². The molecule has 1 aromatic carbocycles. The van der Waals surface area contributed by atoms with E-state index in [0.717, 1.165) is 0 Å². The molecule has 0 unspecified atom stereocenters. The lowest BCUT2D eigenvalue weighted by Crippen LogP contribution is -2.13. The zero-order valence-electron chi connectivity index (χ0n) is 9.56. The first-order valence-corrected chi connectivity index (χ1v) is 6.73. The number of aromatic nitrogens is 1. The molecule has 0 saturated heterocycles. The molecule has 4 nitrogen and oxygen atoms in total. The molecule has 1 heterocycles. The summed E-state index contributed by atoms with van der Waals surface area (Å²) in [6.07, 6.45) is 1.60. The molecule has 0 radical (unpaired) electrons. The first kappa shape index (κ1) is 14.0. The number of amides is 1. The highest BCUT2D eigenvalue weighted by Crippen LogP contribution is 2.38. The van der Waals surface area contributed by atoms with Gasteiger partial charge < -0.3 is 11.5 Å². The maximum atomic E-state index is 11.4. The molecule has 0 saturated carbocycles. The molecule has 2 aromatic rings. The fourth-order valence-electron chi connectivity index (χ4n) is 1.44. The van der Waals surface area contributed by atoms with E-state index in [1.807, 2.05) is 0 Å². The summed E-state index contributed by atoms with van der Waals surface area (Å²) in [5, 5.41) is 1.34. The van der Waals surface area contributed by atoms with Gasteiger partial charge in [-0.1, -0.05) is 35.0 Å². The van der Waals surface area contributed by atoms with Crippen molar-refractivity contribution in [1.29, 1.82) is 0 Å². The van der Waals surface area contributed by atoms with Crippen molar-refractivity contribution in [1.82, 2.24) is 4.98 Å². The molecule has 1 aromatic heterocycles. The minimum atomic E-state index is -0.608. The van der Waals surface area contributed by atoms with E-state index < -0.39 is 5.91 Å². The molecule has 0 fully saturated rings. The van der Waals surface area contributed by atoms with E-state index in [1.165, 1.54) is 17.8 Å². The van der Waals surface area contributed by atoms with E-state index in [-0.39, 0.29) is 5.56 Å². The van der Waals surface area contributed by atoms with E-state index >= 15 is 0 Å². The molecule has 1 amide bonds. The second-order valence-electron chi connectivity index (χ2n) is 3.64. The van der Waals surface area contributed by atoms with E-state index in [4.69, 9.17) is 34.7 Å². The van der Waals surface area contributed by atoms with Crippen LogP contribution in [0.5, 0.6) is 0 Å². The fourth-order valence-corrected chi connectivity index (χ4v) is 2.92. The SMILES string of the molecule is NC(=O)c1cc(N)cc(Cl)c1Sc1ncccc1Cl. The Kier molecular flexibility index (Phi) is 4.19. The first-order valence-electron chi connectivity index (χ1n) is 5.16. The Morgan fingerprint density at radius 1 is 1.26 bits per heavy atom. The standard InChI is InChI=1S/C12H9Cl2N3OS/c13-8-2-1-3-17-12(8)19-10-7(11(16)18)4-6(15)5-9(10)14/h1-5H,15H2,(H2,16,18). The number of anilines is 1. The summed E-state index contributed by atoms with van der Waals surface area (Å²) in [4.78, 5) is 16.1. The number of hydrogen-bond donors (Lipinski definition) is 2. The summed E-state index contributed by atoms with van der Waals surface area (Å²) in [6.45, 7) is 0. The second-order valence-corrected chi connectivity index (χ2v) is 5.45. The fraction of sp³-hybridized carbons (Fsp3) is 0. The normalized spacial score (nSPS) is 10.4. The van der Waals surface area contributed by atoms with Crippen LogP contribution in [0.4, 0.5) is 5.69 Å². The predicted octanol–water partition coefficient (Wildman–Crippen LogP) is 3.22. The molecule has 4 N–H and O–H groups in total. The quantitative estimate of drug-likeness (QED) is 0.852. The van der Waals surface area contributed by atoms with E-state index in [2.05, 4.69) is 4.98 Å². The topological polar surface area (TPSA) is 82.0 Å². The van der Waals surface area contributed by atoms with Crippen molar-refractivity contribution in [3.8, 4) is 0 Å². The van der Waals surface area contributed by atoms with Gasteiger partial charge in [-0.2, -0.15) is 0 Å². The Bertz CT molecular complexity index is 649. The number of halogens is 2. The van der Waals surface area contributed by atoms with Gasteiger partial charge >= 0.3 is 0 Å². The van der Waals surface area contributed by atoms with Crippen LogP contribution in [0, 0.1) is 0 Å². The van der Waals surface area contributed by atoms with E-state index in [0.29, 0.717) is 25.7 Å². The Morgan fingerprint density at radius 2 is 2.00 bits per heavy atom. The Morgan fingerprint density at radius 3 is 2.63 bits per heavy atom. The number of benzene rings is 1. The molecule has 7 heteroatoms. The summed E-state index contributed by atoms with van der Waals surface area (Å²) in [6, 6.07) is 6.44. The minimum Gasteiger partial charge on any atom is -0.399 e. The van der Waals surface area contributed by atoms with Crippen molar-refractivity contribution in [2.75, 3.05) is 5.73 Å². The highest BCUT2D eigenvalue weighted by atomic mass is 35.5. The number of nitrogens with two attached hydrogens (primary N) is 2. The number of rotatable bonds is 3. The van der Waals surface area contributed by atoms with Crippen molar-refractivity contribution >= 4 is 46.6 Å². The molecule has 0 spiro atoms. The molecule has 0 aliphatic carbocycles. The Balaban J connectivity index is 2.51. The van der Waals surface area contributed by atoms with Gasteiger partial charge in [0.05, 0.1) is 15.6 Å². The average molecular weight is 314 g/mol. The molecule has 0 aliphatic rings. The third-order valence-corrected chi connectivity index (χ3v) is 4.24. The summed E-state index contributed by atoms with van der Waals surface area (Å²) < 4.78 is 0. The van der Waals surface area contributed by atoms with Crippen LogP contribution >= 0.6 is 35.0 Å². The molecule has 0 atom stereocenters. The molecule has 0 bridgehead atoms. The van der Waals surface area contributed by atoms with Crippen LogP contribution in [0.2, 0.25) is 10.0 Å². The van der Waals surface area contributed by atoms with Gasteiger partial charge in [0.15, 0.2) is 0 Å². The van der Waals surface area contributed by atoms with Crippen LogP contribution < -0.4 is 11.5 Å². The van der Waals surface area contributed by atoms with Crippen LogP contribution in [0.15, 0.2) is 40.4 Å². The number of carbonyl (C=O) groups excluding carboxylic acids is 1. The van der Waals surface area contributed by atoms with Gasteiger partial charge in [-0.3, -0.25) is 4.79 Å². The minimum absolute atomic E-state index is 0.247. The highest BCUT2D eigenvalue weighted by molar-refractivity contribution is 7.99. The van der Waals surface area contributed by atoms with Crippen molar-refractivity contribution in [3.63, 3.8) is 0 Å². The zero-order valence-corrected chi connectivity index (χ0v) is 11.9. The largest absolute Gasteiger partial charge is 0.399 e. The summed E-state index contributed by atoms with van der Waals surface area (Å²) in [5.41, 5.74) is 11.6. The monoisotopic (exact) mass is 313 g/mol. The van der Waals surface area contributed by atoms with Crippen LogP contribution in [0.1, 0.15) is 10.4 Å². The molecule has 2 rings (SSSR count). The molecule has 98 valence electrons. The van der Waals surface area contributed by atoms with Crippen molar-refractivity contribution in [2.24, 2.45) is 5.73 Å².